The van der Waals surface area contributed by atoms with Crippen LogP contribution in [0, 0.1) is 5.41 Å². The number of hydrogen-bond donors (Lipinski definition) is 2. The fourth-order valence-electron chi connectivity index (χ4n) is 7.46. The average molecular weight is 802 g/mol. The number of carboxylic acids is 1. The molecule has 0 aliphatic carbocycles. The van der Waals surface area contributed by atoms with E-state index in [1.54, 1.807) is 31.2 Å². The van der Waals surface area contributed by atoms with Crippen molar-refractivity contribution in [2.24, 2.45) is 5.41 Å². The maximum absolute atomic E-state index is 15.0. The lowest BCUT2D eigenvalue weighted by molar-refractivity contribution is -0.171. The van der Waals surface area contributed by atoms with E-state index in [0.717, 1.165) is 22.4 Å². The first kappa shape index (κ1) is 41.9. The minimum atomic E-state index is -4.86. The molecular weight excluding hydrogens is 756 g/mol. The Bertz CT molecular complexity index is 1800. The van der Waals surface area contributed by atoms with Gasteiger partial charge < -0.3 is 34.4 Å². The fourth-order valence-corrected chi connectivity index (χ4v) is 8.14. The van der Waals surface area contributed by atoms with E-state index in [9.17, 15) is 50.9 Å². The van der Waals surface area contributed by atoms with Crippen LogP contribution in [0.3, 0.4) is 0 Å². The first-order valence-corrected chi connectivity index (χ1v) is 18.8. The smallest absolute Gasteiger partial charge is 0.425 e. The Morgan fingerprint density at radius 3 is 2.27 bits per heavy atom. The van der Waals surface area contributed by atoms with Crippen LogP contribution in [0.15, 0.2) is 59.6 Å². The van der Waals surface area contributed by atoms with Crippen LogP contribution in [-0.4, -0.2) is 99.8 Å². The van der Waals surface area contributed by atoms with E-state index < -0.39 is 69.3 Å². The molecule has 0 saturated carbocycles. The van der Waals surface area contributed by atoms with Gasteiger partial charge in [-0.25, -0.2) is 0 Å². The normalized spacial score (nSPS) is 23.3. The minimum Gasteiger partial charge on any atom is -0.492 e. The van der Waals surface area contributed by atoms with Crippen molar-refractivity contribution in [2.75, 3.05) is 33.3 Å². The highest BCUT2D eigenvalue weighted by Gasteiger charge is 2.58. The number of carboxylic acid groups (broad SMARTS) is 1. The Morgan fingerprint density at radius 2 is 1.67 bits per heavy atom. The SMILES string of the molecule is CCC[C@H]1N(C(=O)C2C(C(F)(F)F)=CC=CN2C)CCC[C@@]1(Oc1csc(C(F)(F)F)c1)C(=O)N1CCC(O)(c2ccccc2OCC(C)(C)C(=O)O)CC1. The molecule has 1 aromatic carbocycles. The molecule has 2 N–H and O–H groups in total. The van der Waals surface area contributed by atoms with Gasteiger partial charge in [-0.2, -0.15) is 26.3 Å². The van der Waals surface area contributed by atoms with Gasteiger partial charge in [0.25, 0.3) is 5.91 Å². The minimum absolute atomic E-state index is 0.0196. The van der Waals surface area contributed by atoms with Crippen molar-refractivity contribution in [1.82, 2.24) is 14.7 Å². The highest BCUT2D eigenvalue weighted by atomic mass is 32.1. The van der Waals surface area contributed by atoms with Crippen LogP contribution in [0.4, 0.5) is 26.3 Å². The standard InChI is InChI=1S/C38H45F6N3O7S/c1-5-10-28-36(54-24-21-29(55-22-24)38(42,43)44,14-9-18-47(28)31(48)30-26(37(39,40)41)12-8-17-45(30)4)32(49)46-19-15-35(52,16-20-46)25-11-6-7-13-27(25)53-23-34(2,3)33(50)51/h6-8,11-13,17,21-22,28,30,52H,5,9-10,14-16,18-20,23H2,1-4H3,(H,50,51)/t28-,30?,36+/m1/s1. The summed E-state index contributed by atoms with van der Waals surface area (Å²) < 4.78 is 96.1. The van der Waals surface area contributed by atoms with Crippen molar-refractivity contribution in [2.45, 2.75) is 94.9 Å². The average Bonchev–Trinajstić information content (AvgIpc) is 3.60. The summed E-state index contributed by atoms with van der Waals surface area (Å²) in [4.78, 5) is 43.7. The Labute approximate surface area is 319 Å². The molecule has 17 heteroatoms. The van der Waals surface area contributed by atoms with Gasteiger partial charge in [0.2, 0.25) is 11.5 Å². The second-order valence-corrected chi connectivity index (χ2v) is 15.8. The van der Waals surface area contributed by atoms with E-state index in [4.69, 9.17) is 9.47 Å². The summed E-state index contributed by atoms with van der Waals surface area (Å²) in [5.74, 6) is -2.67. The predicted molar refractivity (Wildman–Crippen MR) is 190 cm³/mol. The van der Waals surface area contributed by atoms with Crippen LogP contribution in [0.5, 0.6) is 11.5 Å². The zero-order valence-electron chi connectivity index (χ0n) is 30.9. The number of alkyl halides is 6. The number of amides is 2. The lowest BCUT2D eigenvalue weighted by Crippen LogP contribution is -2.70. The molecule has 0 spiro atoms. The largest absolute Gasteiger partial charge is 0.492 e. The number of aliphatic carboxylic acids is 1. The number of para-hydroxylation sites is 1. The van der Waals surface area contributed by atoms with Crippen LogP contribution in [-0.2, 0) is 26.2 Å². The van der Waals surface area contributed by atoms with E-state index in [1.807, 2.05) is 0 Å². The molecule has 0 bridgehead atoms. The van der Waals surface area contributed by atoms with E-state index in [-0.39, 0.29) is 69.8 Å². The maximum Gasteiger partial charge on any atom is 0.425 e. The number of rotatable bonds is 11. The van der Waals surface area contributed by atoms with Crippen molar-refractivity contribution in [3.05, 3.63) is 70.1 Å². The molecule has 3 atom stereocenters. The number of thiophene rings is 1. The second-order valence-electron chi connectivity index (χ2n) is 14.9. The summed E-state index contributed by atoms with van der Waals surface area (Å²) >= 11 is 0.365. The molecule has 3 aliphatic rings. The number of ether oxygens (including phenoxy) is 2. The van der Waals surface area contributed by atoms with Gasteiger partial charge in [-0.05, 0) is 57.9 Å². The number of likely N-dealkylation sites (N-methyl/N-ethyl adjacent to an activating group) is 1. The molecule has 1 aromatic heterocycles. The van der Waals surface area contributed by atoms with Gasteiger partial charge in [0, 0.05) is 50.1 Å². The lowest BCUT2D eigenvalue weighted by atomic mass is 9.78. The van der Waals surface area contributed by atoms with Gasteiger partial charge >= 0.3 is 18.3 Å². The Morgan fingerprint density at radius 1 is 1.00 bits per heavy atom. The number of aliphatic hydroxyl groups is 1. The molecule has 1 unspecified atom stereocenters. The number of carbonyl (C=O) groups is 3. The highest BCUT2D eigenvalue weighted by molar-refractivity contribution is 7.10. The van der Waals surface area contributed by atoms with Crippen molar-refractivity contribution in [3.8, 4) is 11.5 Å². The summed E-state index contributed by atoms with van der Waals surface area (Å²) in [6.45, 7) is 4.42. The van der Waals surface area contributed by atoms with Gasteiger partial charge in [0.15, 0.2) is 0 Å². The molecular formula is C38H45F6N3O7S. The van der Waals surface area contributed by atoms with E-state index in [2.05, 4.69) is 0 Å². The fraction of sp³-hybridized carbons (Fsp3) is 0.553. The third-order valence-electron chi connectivity index (χ3n) is 10.5. The van der Waals surface area contributed by atoms with Gasteiger partial charge in [0.05, 0.1) is 22.6 Å². The molecule has 5 rings (SSSR count). The first-order valence-electron chi connectivity index (χ1n) is 17.9. The van der Waals surface area contributed by atoms with Gasteiger partial charge in [0.1, 0.15) is 29.0 Å². The Balaban J connectivity index is 1.49. The summed E-state index contributed by atoms with van der Waals surface area (Å²) in [6, 6.07) is 4.42. The lowest BCUT2D eigenvalue weighted by Gasteiger charge is -2.52. The quantitative estimate of drug-likeness (QED) is 0.234. The van der Waals surface area contributed by atoms with Gasteiger partial charge in [-0.3, -0.25) is 14.4 Å². The number of likely N-dealkylation sites (tertiary alicyclic amines) is 2. The molecule has 3 aliphatic heterocycles. The zero-order chi connectivity index (χ0) is 40.6. The number of nitrogens with zero attached hydrogens (tertiary/aromatic N) is 3. The summed E-state index contributed by atoms with van der Waals surface area (Å²) in [7, 11) is 1.33. The number of halogens is 6. The molecule has 2 amide bonds. The third-order valence-corrected chi connectivity index (χ3v) is 11.5. The molecule has 2 saturated heterocycles. The van der Waals surface area contributed by atoms with E-state index in [1.165, 1.54) is 43.0 Å². The topological polar surface area (TPSA) is 120 Å². The summed E-state index contributed by atoms with van der Waals surface area (Å²) in [5.41, 5.74) is -5.47. The Hall–Kier alpha value is -4.25. The van der Waals surface area contributed by atoms with Crippen LogP contribution in [0.2, 0.25) is 0 Å². The number of carbonyl (C=O) groups excluding carboxylic acids is 2. The molecule has 302 valence electrons. The van der Waals surface area contributed by atoms with E-state index in [0.29, 0.717) is 23.3 Å². The van der Waals surface area contributed by atoms with Crippen LogP contribution in [0.25, 0.3) is 0 Å². The van der Waals surface area contributed by atoms with Crippen molar-refractivity contribution in [3.63, 3.8) is 0 Å². The molecule has 2 fully saturated rings. The van der Waals surface area contributed by atoms with Crippen LogP contribution >= 0.6 is 11.3 Å². The van der Waals surface area contributed by atoms with E-state index >= 15 is 0 Å². The zero-order valence-corrected chi connectivity index (χ0v) is 31.7. The third kappa shape index (κ3) is 8.61. The Kier molecular flexibility index (Phi) is 12.0. The second kappa shape index (κ2) is 15.7. The van der Waals surface area contributed by atoms with Crippen LogP contribution in [0.1, 0.15) is 69.7 Å². The molecule has 10 nitrogen and oxygen atoms in total. The number of benzene rings is 1. The van der Waals surface area contributed by atoms with Crippen LogP contribution < -0.4 is 9.47 Å². The molecule has 55 heavy (non-hydrogen) atoms. The number of piperidine rings is 2. The number of hydrogen-bond acceptors (Lipinski definition) is 8. The van der Waals surface area contributed by atoms with Crippen molar-refractivity contribution in [1.29, 1.82) is 0 Å². The summed E-state index contributed by atoms with van der Waals surface area (Å²) in [5, 5.41) is 22.6. The first-order chi connectivity index (χ1) is 25.6. The highest BCUT2D eigenvalue weighted by Crippen LogP contribution is 2.45. The molecule has 0 radical (unpaired) electrons. The van der Waals surface area contributed by atoms with Gasteiger partial charge in [-0.1, -0.05) is 37.6 Å². The van der Waals surface area contributed by atoms with Gasteiger partial charge in [-0.15, -0.1) is 11.3 Å². The summed E-state index contributed by atoms with van der Waals surface area (Å²) in [6.07, 6.45) is -5.78. The molecule has 2 aromatic rings. The maximum atomic E-state index is 15.0. The predicted octanol–water partition coefficient (Wildman–Crippen LogP) is 6.99. The number of allylic oxidation sites excluding steroid dienone is 2. The van der Waals surface area contributed by atoms with Crippen molar-refractivity contribution < 1.29 is 60.4 Å². The van der Waals surface area contributed by atoms with Crippen molar-refractivity contribution >= 4 is 29.1 Å². The monoisotopic (exact) mass is 801 g/mol. The molecule has 4 heterocycles.